The van der Waals surface area contributed by atoms with Crippen molar-refractivity contribution in [2.24, 2.45) is 4.99 Å². The molecule has 0 saturated heterocycles. The number of fused-ring (bicyclic) bond motifs is 1. The van der Waals surface area contributed by atoms with Gasteiger partial charge in [0.25, 0.3) is 5.56 Å². The Morgan fingerprint density at radius 1 is 1.13 bits per heavy atom. The number of halogens is 2. The van der Waals surface area contributed by atoms with Gasteiger partial charge in [-0.15, -0.1) is 11.8 Å². The second-order valence-corrected chi connectivity index (χ2v) is 12.1. The number of aromatic nitrogens is 1. The van der Waals surface area contributed by atoms with Crippen molar-refractivity contribution in [2.75, 3.05) is 12.9 Å². The lowest BCUT2D eigenvalue weighted by molar-refractivity contribution is -0.138. The van der Waals surface area contributed by atoms with Crippen molar-refractivity contribution in [3.05, 3.63) is 118 Å². The number of carbonyl (C=O) groups is 1. The third-order valence-electron chi connectivity index (χ3n) is 6.14. The Morgan fingerprint density at radius 3 is 2.41 bits per heavy atom. The minimum atomic E-state index is -0.730. The molecule has 1 atom stereocenters. The summed E-state index contributed by atoms with van der Waals surface area (Å²) in [7, 11) is 0. The molecule has 0 spiro atoms. The van der Waals surface area contributed by atoms with E-state index in [0.29, 0.717) is 35.1 Å². The summed E-state index contributed by atoms with van der Waals surface area (Å²) in [5.74, 6) is -0.436. The summed E-state index contributed by atoms with van der Waals surface area (Å²) in [6, 6.07) is 20.0. The fraction of sp³-hybridized carbons (Fsp3) is 0.138. The molecule has 0 bridgehead atoms. The number of phenolic OH excluding ortho intramolecular Hbond substituents is 1. The lowest BCUT2D eigenvalue weighted by atomic mass is 9.93. The number of phenols is 1. The molecule has 4 aromatic rings. The Bertz CT molecular complexity index is 1760. The van der Waals surface area contributed by atoms with Crippen LogP contribution < -0.4 is 14.9 Å². The fourth-order valence-corrected chi connectivity index (χ4v) is 6.99. The Labute approximate surface area is 249 Å². The summed E-state index contributed by atoms with van der Waals surface area (Å²) in [5.41, 5.74) is 2.78. The van der Waals surface area contributed by atoms with Gasteiger partial charge in [-0.1, -0.05) is 53.8 Å². The maximum absolute atomic E-state index is 14.0. The second-order valence-electron chi connectivity index (χ2n) is 8.54. The molecule has 1 aliphatic rings. The number of ether oxygens (including phenoxy) is 1. The number of thioether (sulfide) groups is 1. The number of benzene rings is 3. The van der Waals surface area contributed by atoms with Crippen molar-refractivity contribution < 1.29 is 14.6 Å². The Hall–Kier alpha value is -2.92. The van der Waals surface area contributed by atoms with E-state index in [2.05, 4.69) is 31.9 Å². The monoisotopic (exact) mass is 684 g/mol. The number of hydrogen-bond donors (Lipinski definition) is 1. The van der Waals surface area contributed by atoms with Crippen LogP contribution in [-0.2, 0) is 9.53 Å². The van der Waals surface area contributed by atoms with Gasteiger partial charge in [-0.3, -0.25) is 9.36 Å². The molecular formula is C29H22Br2N2O4S2. The van der Waals surface area contributed by atoms with E-state index >= 15 is 0 Å². The van der Waals surface area contributed by atoms with Gasteiger partial charge in [-0.2, -0.15) is 0 Å². The van der Waals surface area contributed by atoms with Crippen LogP contribution in [0.5, 0.6) is 5.75 Å². The van der Waals surface area contributed by atoms with Crippen LogP contribution in [0.1, 0.15) is 29.7 Å². The van der Waals surface area contributed by atoms with E-state index in [-0.39, 0.29) is 17.9 Å². The van der Waals surface area contributed by atoms with E-state index in [0.717, 1.165) is 16.0 Å². The highest BCUT2D eigenvalue weighted by atomic mass is 79.9. The Morgan fingerprint density at radius 2 is 1.79 bits per heavy atom. The van der Waals surface area contributed by atoms with E-state index in [1.807, 2.05) is 60.9 Å². The third kappa shape index (κ3) is 5.43. The number of esters is 1. The van der Waals surface area contributed by atoms with Crippen molar-refractivity contribution >= 4 is 72.7 Å². The largest absolute Gasteiger partial charge is 0.506 e. The molecule has 2 heterocycles. The van der Waals surface area contributed by atoms with Crippen molar-refractivity contribution in [3.8, 4) is 5.75 Å². The minimum Gasteiger partial charge on any atom is -0.506 e. The second kappa shape index (κ2) is 11.7. The van der Waals surface area contributed by atoms with Crippen LogP contribution in [0.15, 0.2) is 95.9 Å². The molecule has 3 aromatic carbocycles. The average molecular weight is 686 g/mol. The summed E-state index contributed by atoms with van der Waals surface area (Å²) in [5, 5.41) is 10.1. The molecular weight excluding hydrogens is 664 g/mol. The lowest BCUT2D eigenvalue weighted by Gasteiger charge is -2.26. The van der Waals surface area contributed by atoms with E-state index in [1.54, 1.807) is 41.5 Å². The van der Waals surface area contributed by atoms with Crippen molar-refractivity contribution in [3.63, 3.8) is 0 Å². The maximum atomic E-state index is 14.0. The molecule has 10 heteroatoms. The number of thiazole rings is 1. The average Bonchev–Trinajstić information content (AvgIpc) is 3.25. The predicted molar refractivity (Wildman–Crippen MR) is 163 cm³/mol. The van der Waals surface area contributed by atoms with Gasteiger partial charge in [0, 0.05) is 10.5 Å². The van der Waals surface area contributed by atoms with Crippen LogP contribution in [0.25, 0.3) is 11.8 Å². The SMILES string of the molecule is CCOC(=O)C1=C(c2ccccc2)N=c2s/c(=C\c3cc(Br)c(O)c(Br)c3)c(=O)n2[C@H]1c1ccc(SC)cc1. The van der Waals surface area contributed by atoms with E-state index in [1.165, 1.54) is 11.3 Å². The fourth-order valence-electron chi connectivity index (χ4n) is 4.36. The summed E-state index contributed by atoms with van der Waals surface area (Å²) in [6.07, 6.45) is 3.75. The molecule has 1 aromatic heterocycles. The zero-order valence-electron chi connectivity index (χ0n) is 20.9. The van der Waals surface area contributed by atoms with Gasteiger partial charge in [0.15, 0.2) is 4.80 Å². The zero-order chi connectivity index (χ0) is 27.7. The summed E-state index contributed by atoms with van der Waals surface area (Å²) >= 11 is 9.57. The van der Waals surface area contributed by atoms with E-state index < -0.39 is 12.0 Å². The highest BCUT2D eigenvalue weighted by molar-refractivity contribution is 9.11. The smallest absolute Gasteiger partial charge is 0.338 e. The summed E-state index contributed by atoms with van der Waals surface area (Å²) in [6.45, 7) is 1.95. The standard InChI is InChI=1S/C29H22Br2N2O4S2/c1-3-37-28(36)23-24(17-7-5-4-6-8-17)32-29-33(25(23)18-9-11-19(38-2)12-10-18)27(35)22(39-29)15-16-13-20(30)26(34)21(31)14-16/h4-15,25,34H,3H2,1-2H3/b22-15-/t25-/m0/s1. The molecule has 6 nitrogen and oxygen atoms in total. The number of aromatic hydroxyl groups is 1. The van der Waals surface area contributed by atoms with E-state index in [9.17, 15) is 14.7 Å². The number of hydrogen-bond acceptors (Lipinski definition) is 7. The van der Waals surface area contributed by atoms with Crippen LogP contribution in [0.3, 0.4) is 0 Å². The molecule has 0 radical (unpaired) electrons. The number of nitrogens with zero attached hydrogens (tertiary/aromatic N) is 2. The number of carbonyl (C=O) groups excluding carboxylic acids is 1. The van der Waals surface area contributed by atoms with Crippen LogP contribution >= 0.6 is 55.0 Å². The molecule has 39 heavy (non-hydrogen) atoms. The molecule has 0 fully saturated rings. The zero-order valence-corrected chi connectivity index (χ0v) is 25.7. The van der Waals surface area contributed by atoms with Gasteiger partial charge in [0.1, 0.15) is 5.75 Å². The van der Waals surface area contributed by atoms with Crippen LogP contribution in [-0.4, -0.2) is 28.5 Å². The summed E-state index contributed by atoms with van der Waals surface area (Å²) in [4.78, 5) is 33.9. The third-order valence-corrected chi connectivity index (χ3v) is 9.08. The van der Waals surface area contributed by atoms with Gasteiger partial charge < -0.3 is 9.84 Å². The first kappa shape index (κ1) is 27.6. The molecule has 0 aliphatic carbocycles. The molecule has 198 valence electrons. The van der Waals surface area contributed by atoms with Crippen molar-refractivity contribution in [1.29, 1.82) is 0 Å². The van der Waals surface area contributed by atoms with Crippen LogP contribution in [0, 0.1) is 0 Å². The normalized spacial score (nSPS) is 15.2. The van der Waals surface area contributed by atoms with Gasteiger partial charge in [0.05, 0.1) is 37.4 Å². The van der Waals surface area contributed by atoms with Crippen molar-refractivity contribution in [1.82, 2.24) is 4.57 Å². The molecule has 0 unspecified atom stereocenters. The molecule has 1 N–H and O–H groups in total. The van der Waals surface area contributed by atoms with Gasteiger partial charge >= 0.3 is 5.97 Å². The van der Waals surface area contributed by atoms with Gasteiger partial charge in [-0.25, -0.2) is 9.79 Å². The molecule has 5 rings (SSSR count). The maximum Gasteiger partial charge on any atom is 0.338 e. The molecule has 0 amide bonds. The van der Waals surface area contributed by atoms with Crippen molar-refractivity contribution in [2.45, 2.75) is 17.9 Å². The highest BCUT2D eigenvalue weighted by Crippen LogP contribution is 2.36. The van der Waals surface area contributed by atoms with Gasteiger partial charge in [0.2, 0.25) is 0 Å². The Balaban J connectivity index is 1.82. The summed E-state index contributed by atoms with van der Waals surface area (Å²) < 4.78 is 8.53. The first-order chi connectivity index (χ1) is 18.8. The van der Waals surface area contributed by atoms with E-state index in [4.69, 9.17) is 9.73 Å². The molecule has 0 saturated carbocycles. The minimum absolute atomic E-state index is 0.0777. The van der Waals surface area contributed by atoms with Crippen LogP contribution in [0.2, 0.25) is 0 Å². The first-order valence-corrected chi connectivity index (χ1v) is 15.6. The first-order valence-electron chi connectivity index (χ1n) is 11.9. The Kier molecular flexibility index (Phi) is 8.27. The topological polar surface area (TPSA) is 80.9 Å². The molecule has 1 aliphatic heterocycles. The van der Waals surface area contributed by atoms with Gasteiger partial charge in [-0.05, 0) is 86.5 Å². The quantitative estimate of drug-likeness (QED) is 0.202. The van der Waals surface area contributed by atoms with Crippen LogP contribution in [0.4, 0.5) is 0 Å². The lowest BCUT2D eigenvalue weighted by Crippen LogP contribution is -2.40. The highest BCUT2D eigenvalue weighted by Gasteiger charge is 2.35. The predicted octanol–water partition coefficient (Wildman–Crippen LogP) is 5.89. The number of rotatable bonds is 6.